The molecule has 10 heteroatoms. The summed E-state index contributed by atoms with van der Waals surface area (Å²) in [6, 6.07) is 13.6. The summed E-state index contributed by atoms with van der Waals surface area (Å²) in [4.78, 5) is 17.7. The van der Waals surface area contributed by atoms with Crippen LogP contribution in [-0.2, 0) is 4.74 Å². The van der Waals surface area contributed by atoms with Crippen LogP contribution in [0.5, 0.6) is 0 Å². The molecule has 4 atom stereocenters. The van der Waals surface area contributed by atoms with E-state index in [4.69, 9.17) is 16.3 Å². The number of aromatic nitrogens is 2. The minimum absolute atomic E-state index is 0.193. The Morgan fingerprint density at radius 3 is 2.63 bits per heavy atom. The minimum atomic E-state index is -2.25. The largest absolute Gasteiger partial charge is 0.388 e. The highest BCUT2D eigenvalue weighted by atomic mass is 35.5. The second-order valence-corrected chi connectivity index (χ2v) is 7.47. The molecule has 1 fully saturated rings. The van der Waals surface area contributed by atoms with Crippen molar-refractivity contribution in [3.05, 3.63) is 63.9 Å². The molecule has 1 aromatic heterocycles. The number of nitrogens with one attached hydrogen (secondary N) is 1. The molecule has 1 aliphatic heterocycles. The smallest absolute Gasteiger partial charge is 0.280 e. The molecular weight excluding hydrogens is 414 g/mol. The normalized spacial score (nSPS) is 26.6. The number of halogens is 1. The van der Waals surface area contributed by atoms with E-state index < -0.39 is 42.8 Å². The Hall–Kier alpha value is -2.53. The molecule has 0 unspecified atom stereocenters. The molecule has 30 heavy (non-hydrogen) atoms. The number of benzene rings is 2. The summed E-state index contributed by atoms with van der Waals surface area (Å²) in [5.41, 5.74) is 3.21. The van der Waals surface area contributed by atoms with Crippen LogP contribution in [-0.4, -0.2) is 67.3 Å². The Kier molecular flexibility index (Phi) is 5.49. The number of para-hydroxylation sites is 1. The summed E-state index contributed by atoms with van der Waals surface area (Å²) >= 11 is 6.31. The van der Waals surface area contributed by atoms with Gasteiger partial charge in [0.15, 0.2) is 5.82 Å². The van der Waals surface area contributed by atoms with Gasteiger partial charge in [-0.15, -0.1) is 0 Å². The lowest BCUT2D eigenvalue weighted by molar-refractivity contribution is -0.314. The van der Waals surface area contributed by atoms with Gasteiger partial charge in [-0.3, -0.25) is 4.79 Å². The number of fused-ring (bicyclic) bond motifs is 1. The van der Waals surface area contributed by atoms with Gasteiger partial charge < -0.3 is 30.6 Å². The van der Waals surface area contributed by atoms with Gasteiger partial charge in [0.2, 0.25) is 5.79 Å². The molecule has 2 heterocycles. The molecule has 5 N–H and O–H groups in total. The van der Waals surface area contributed by atoms with Gasteiger partial charge in [-0.25, -0.2) is 9.66 Å². The molecule has 158 valence electrons. The molecule has 0 aliphatic carbocycles. The van der Waals surface area contributed by atoms with Crippen LogP contribution in [0.2, 0.25) is 5.02 Å². The minimum Gasteiger partial charge on any atom is -0.388 e. The predicted octanol–water partition coefficient (Wildman–Crippen LogP) is 0.0619. The molecule has 1 aliphatic rings. The van der Waals surface area contributed by atoms with E-state index in [0.29, 0.717) is 21.5 Å². The van der Waals surface area contributed by atoms with Crippen LogP contribution >= 0.6 is 11.6 Å². The fourth-order valence-corrected chi connectivity index (χ4v) is 3.56. The third kappa shape index (κ3) is 3.56. The summed E-state index contributed by atoms with van der Waals surface area (Å²) in [6.45, 7) is -0.867. The summed E-state index contributed by atoms with van der Waals surface area (Å²) in [6.07, 6.45) is -4.76. The maximum absolute atomic E-state index is 13.2. The van der Waals surface area contributed by atoms with Crippen molar-refractivity contribution in [1.29, 1.82) is 0 Å². The zero-order chi connectivity index (χ0) is 21.5. The van der Waals surface area contributed by atoms with Crippen molar-refractivity contribution in [3.8, 4) is 11.4 Å². The van der Waals surface area contributed by atoms with Crippen LogP contribution in [0.4, 0.5) is 0 Å². The van der Waals surface area contributed by atoms with E-state index in [2.05, 4.69) is 10.4 Å². The Labute approximate surface area is 175 Å². The molecule has 1 saturated heterocycles. The van der Waals surface area contributed by atoms with Crippen LogP contribution in [0.15, 0.2) is 53.3 Å². The van der Waals surface area contributed by atoms with Crippen molar-refractivity contribution < 1.29 is 25.2 Å². The van der Waals surface area contributed by atoms with Crippen LogP contribution in [0, 0.1) is 0 Å². The predicted molar refractivity (Wildman–Crippen MR) is 110 cm³/mol. The number of aliphatic hydroxyl groups excluding tert-OH is 3. The molecule has 9 nitrogen and oxygen atoms in total. The second kappa shape index (κ2) is 7.95. The van der Waals surface area contributed by atoms with Crippen molar-refractivity contribution >= 4 is 22.5 Å². The van der Waals surface area contributed by atoms with Gasteiger partial charge in [0, 0.05) is 5.56 Å². The zero-order valence-electron chi connectivity index (χ0n) is 15.6. The second-order valence-electron chi connectivity index (χ2n) is 7.07. The molecule has 3 aromatic rings. The maximum Gasteiger partial charge on any atom is 0.280 e. The van der Waals surface area contributed by atoms with Gasteiger partial charge in [0.05, 0.1) is 29.1 Å². The summed E-state index contributed by atoms with van der Waals surface area (Å²) in [5.74, 6) is -2.06. The highest BCUT2D eigenvalue weighted by Crippen LogP contribution is 2.27. The molecule has 0 bridgehead atoms. The van der Waals surface area contributed by atoms with Crippen LogP contribution in [0.1, 0.15) is 0 Å². The Balaban J connectivity index is 1.78. The Morgan fingerprint density at radius 2 is 1.87 bits per heavy atom. The first-order valence-electron chi connectivity index (χ1n) is 9.23. The number of rotatable bonds is 4. The molecule has 0 saturated carbocycles. The quantitative estimate of drug-likeness (QED) is 0.389. The first-order chi connectivity index (χ1) is 14.3. The number of nitrogens with zero attached hydrogens (tertiary/aromatic N) is 2. The summed E-state index contributed by atoms with van der Waals surface area (Å²) in [5, 5.41) is 41.0. The van der Waals surface area contributed by atoms with Crippen molar-refractivity contribution in [2.45, 2.75) is 24.1 Å². The van der Waals surface area contributed by atoms with E-state index in [-0.39, 0.29) is 5.82 Å². The molecule has 2 aromatic carbocycles. The van der Waals surface area contributed by atoms with Crippen LogP contribution in [0.25, 0.3) is 22.3 Å². The van der Waals surface area contributed by atoms with E-state index in [0.717, 1.165) is 4.68 Å². The topological polar surface area (TPSA) is 137 Å². The van der Waals surface area contributed by atoms with E-state index in [9.17, 15) is 25.2 Å². The molecular formula is C20H20ClN3O6. The van der Waals surface area contributed by atoms with E-state index in [1.807, 2.05) is 0 Å². The van der Waals surface area contributed by atoms with Gasteiger partial charge in [-0.1, -0.05) is 35.9 Å². The molecule has 4 rings (SSSR count). The molecule has 0 amide bonds. The van der Waals surface area contributed by atoms with E-state index in [1.165, 1.54) is 0 Å². The fourth-order valence-electron chi connectivity index (χ4n) is 3.34. The van der Waals surface area contributed by atoms with Gasteiger partial charge >= 0.3 is 0 Å². The number of ether oxygens (including phenoxy) is 1. The average Bonchev–Trinajstić information content (AvgIpc) is 2.75. The number of aliphatic hydroxyl groups is 4. The lowest BCUT2D eigenvalue weighted by Gasteiger charge is -2.41. The molecule has 0 radical (unpaired) electrons. The van der Waals surface area contributed by atoms with Gasteiger partial charge in [0.25, 0.3) is 5.56 Å². The third-order valence-electron chi connectivity index (χ3n) is 5.06. The monoisotopic (exact) mass is 433 g/mol. The lowest BCUT2D eigenvalue weighted by atomic mass is 9.97. The zero-order valence-corrected chi connectivity index (χ0v) is 16.4. The van der Waals surface area contributed by atoms with Crippen LogP contribution in [0.3, 0.4) is 0 Å². The number of hydrogen-bond acceptors (Lipinski definition) is 8. The van der Waals surface area contributed by atoms with Gasteiger partial charge in [-0.2, -0.15) is 0 Å². The first kappa shape index (κ1) is 20.7. The highest BCUT2D eigenvalue weighted by Gasteiger charge is 2.48. The van der Waals surface area contributed by atoms with Gasteiger partial charge in [0.1, 0.15) is 18.3 Å². The van der Waals surface area contributed by atoms with Crippen LogP contribution < -0.4 is 11.0 Å². The Bertz CT molecular complexity index is 1140. The lowest BCUT2D eigenvalue weighted by Crippen LogP contribution is -2.64. The van der Waals surface area contributed by atoms with Crippen molar-refractivity contribution in [1.82, 2.24) is 9.66 Å². The standard InChI is InChI=1S/C20H20ClN3O6/c21-13-7-3-1-5-11(13)18-23-14-8-4-2-6-12(14)19(28)24(18)22-10-20(29)17(27)16(26)15(25)9-30-20/h1-8,15-17,22,25-27,29H,9-10H2/t15-,16-,17+,20-/m1/s1. The molecule has 0 spiro atoms. The maximum atomic E-state index is 13.2. The summed E-state index contributed by atoms with van der Waals surface area (Å²) in [7, 11) is 0. The van der Waals surface area contributed by atoms with Crippen molar-refractivity contribution in [2.24, 2.45) is 0 Å². The summed E-state index contributed by atoms with van der Waals surface area (Å²) < 4.78 is 6.26. The van der Waals surface area contributed by atoms with E-state index >= 15 is 0 Å². The fraction of sp³-hybridized carbons (Fsp3) is 0.300. The van der Waals surface area contributed by atoms with Crippen molar-refractivity contribution in [3.63, 3.8) is 0 Å². The Morgan fingerprint density at radius 1 is 1.17 bits per heavy atom. The van der Waals surface area contributed by atoms with Gasteiger partial charge in [-0.05, 0) is 24.3 Å². The third-order valence-corrected chi connectivity index (χ3v) is 5.39. The first-order valence-corrected chi connectivity index (χ1v) is 9.61. The SMILES string of the molecule is O=c1c2ccccc2nc(-c2ccccc2Cl)n1NC[C@@]1(O)OC[C@@H](O)[C@@H](O)[C@@H]1O. The van der Waals surface area contributed by atoms with E-state index in [1.54, 1.807) is 48.5 Å². The average molecular weight is 434 g/mol. The highest BCUT2D eigenvalue weighted by molar-refractivity contribution is 6.33. The number of hydrogen-bond donors (Lipinski definition) is 5. The van der Waals surface area contributed by atoms with Crippen molar-refractivity contribution in [2.75, 3.05) is 18.6 Å².